The Morgan fingerprint density at radius 1 is 1.00 bits per heavy atom. The summed E-state index contributed by atoms with van der Waals surface area (Å²) in [7, 11) is 0. The second-order valence-electron chi connectivity index (χ2n) is 7.63. The van der Waals surface area contributed by atoms with E-state index in [1.54, 1.807) is 11.3 Å². The zero-order valence-corrected chi connectivity index (χ0v) is 18.1. The summed E-state index contributed by atoms with van der Waals surface area (Å²) in [5.41, 5.74) is 3.50. The fraction of sp³-hybridized carbons (Fsp3) is 0.240. The van der Waals surface area contributed by atoms with Crippen molar-refractivity contribution >= 4 is 28.1 Å². The van der Waals surface area contributed by atoms with E-state index in [2.05, 4.69) is 57.5 Å². The van der Waals surface area contributed by atoms with E-state index in [-0.39, 0.29) is 23.9 Å². The third kappa shape index (κ3) is 4.48. The lowest BCUT2D eigenvalue weighted by atomic mass is 9.96. The highest BCUT2D eigenvalue weighted by Gasteiger charge is 2.22. The van der Waals surface area contributed by atoms with Crippen molar-refractivity contribution < 1.29 is 4.79 Å². The first-order valence-corrected chi connectivity index (χ1v) is 11.2. The first-order valence-electron chi connectivity index (χ1n) is 10.3. The summed E-state index contributed by atoms with van der Waals surface area (Å²) in [6.45, 7) is 4.63. The normalized spacial score (nSPS) is 14.3. The fourth-order valence-electron chi connectivity index (χ4n) is 3.79. The molecule has 0 fully saturated rings. The van der Waals surface area contributed by atoms with Crippen LogP contribution in [0.15, 0.2) is 78.3 Å². The number of carbonyl (C=O) groups is 1. The highest BCUT2D eigenvalue weighted by atomic mass is 32.1. The molecule has 0 aliphatic heterocycles. The van der Waals surface area contributed by atoms with Crippen molar-refractivity contribution in [3.63, 3.8) is 0 Å². The number of hydrogen-bond acceptors (Lipinski definition) is 3. The zero-order chi connectivity index (χ0) is 20.9. The second-order valence-corrected chi connectivity index (χ2v) is 8.61. The number of para-hydroxylation sites is 1. The van der Waals surface area contributed by atoms with Gasteiger partial charge in [-0.3, -0.25) is 4.79 Å². The monoisotopic (exact) mass is 417 g/mol. The van der Waals surface area contributed by atoms with Crippen LogP contribution in [-0.2, 0) is 4.79 Å². The Balaban J connectivity index is 1.46. The molecule has 0 saturated carbocycles. The molecule has 4 aromatic rings. The van der Waals surface area contributed by atoms with Crippen LogP contribution in [0.4, 0.5) is 0 Å². The lowest BCUT2D eigenvalue weighted by Gasteiger charge is -2.22. The summed E-state index contributed by atoms with van der Waals surface area (Å²) in [6, 6.07) is 22.3. The molecule has 30 heavy (non-hydrogen) atoms. The maximum atomic E-state index is 12.7. The molecule has 0 bridgehead atoms. The SMILES string of the molecule is C[C@H](NC[C@H](c1cccs1)c1c[nH]c2ccccc12)C(=O)N[C@H](C)c1ccccc1. The summed E-state index contributed by atoms with van der Waals surface area (Å²) in [5.74, 6) is 0.193. The van der Waals surface area contributed by atoms with Crippen molar-refractivity contribution in [2.45, 2.75) is 31.8 Å². The molecule has 2 aromatic heterocycles. The number of benzene rings is 2. The van der Waals surface area contributed by atoms with E-state index in [1.165, 1.54) is 15.8 Å². The van der Waals surface area contributed by atoms with Crippen LogP contribution < -0.4 is 10.6 Å². The average Bonchev–Trinajstić information content (AvgIpc) is 3.45. The number of amides is 1. The van der Waals surface area contributed by atoms with Crippen molar-refractivity contribution in [3.8, 4) is 0 Å². The van der Waals surface area contributed by atoms with E-state index >= 15 is 0 Å². The first-order chi connectivity index (χ1) is 14.6. The molecule has 4 nitrogen and oxygen atoms in total. The van der Waals surface area contributed by atoms with Crippen LogP contribution in [0.1, 0.15) is 41.8 Å². The molecule has 0 aliphatic carbocycles. The predicted molar refractivity (Wildman–Crippen MR) is 125 cm³/mol. The number of rotatable bonds is 8. The lowest BCUT2D eigenvalue weighted by molar-refractivity contribution is -0.123. The minimum atomic E-state index is -0.288. The Bertz CT molecular complexity index is 1090. The molecular formula is C25H27N3OS. The van der Waals surface area contributed by atoms with Gasteiger partial charge in [0.15, 0.2) is 0 Å². The van der Waals surface area contributed by atoms with Crippen molar-refractivity contribution in [2.75, 3.05) is 6.54 Å². The smallest absolute Gasteiger partial charge is 0.237 e. The second kappa shape index (κ2) is 9.28. The topological polar surface area (TPSA) is 56.9 Å². The highest BCUT2D eigenvalue weighted by Crippen LogP contribution is 2.32. The molecule has 0 aliphatic rings. The Morgan fingerprint density at radius 3 is 2.53 bits per heavy atom. The minimum Gasteiger partial charge on any atom is -0.361 e. The van der Waals surface area contributed by atoms with Gasteiger partial charge in [0.2, 0.25) is 5.91 Å². The van der Waals surface area contributed by atoms with Crippen LogP contribution in [-0.4, -0.2) is 23.5 Å². The van der Waals surface area contributed by atoms with Gasteiger partial charge in [-0.15, -0.1) is 11.3 Å². The Labute approximate surface area is 181 Å². The molecule has 0 spiro atoms. The number of H-pyrrole nitrogens is 1. The van der Waals surface area contributed by atoms with Crippen LogP contribution in [0.25, 0.3) is 10.9 Å². The standard InChI is InChI=1S/C25H27N3OS/c1-17(19-9-4-3-5-10-19)28-25(29)18(2)26-16-22(24-13-8-14-30-24)21-15-27-23-12-7-6-11-20(21)23/h3-15,17-18,22,26-27H,16H2,1-2H3,(H,28,29)/t17-,18+,22+/m1/s1. The van der Waals surface area contributed by atoms with Gasteiger partial charge in [-0.2, -0.15) is 0 Å². The first kappa shape index (κ1) is 20.4. The molecule has 3 atom stereocenters. The van der Waals surface area contributed by atoms with E-state index in [0.29, 0.717) is 6.54 Å². The van der Waals surface area contributed by atoms with Gasteiger partial charge in [0.05, 0.1) is 12.1 Å². The van der Waals surface area contributed by atoms with Gasteiger partial charge < -0.3 is 15.6 Å². The fourth-order valence-corrected chi connectivity index (χ4v) is 4.63. The maximum absolute atomic E-state index is 12.7. The van der Waals surface area contributed by atoms with E-state index in [1.807, 2.05) is 50.2 Å². The molecule has 1 amide bonds. The van der Waals surface area contributed by atoms with Gasteiger partial charge in [-0.1, -0.05) is 54.6 Å². The van der Waals surface area contributed by atoms with Crippen LogP contribution in [0.3, 0.4) is 0 Å². The number of carbonyl (C=O) groups excluding carboxylic acids is 1. The predicted octanol–water partition coefficient (Wildman–Crippen LogP) is 5.22. The lowest BCUT2D eigenvalue weighted by Crippen LogP contribution is -2.44. The molecule has 154 valence electrons. The summed E-state index contributed by atoms with van der Waals surface area (Å²) in [4.78, 5) is 17.4. The summed E-state index contributed by atoms with van der Waals surface area (Å²) < 4.78 is 0. The van der Waals surface area contributed by atoms with Crippen LogP contribution in [0.2, 0.25) is 0 Å². The Morgan fingerprint density at radius 2 is 1.77 bits per heavy atom. The van der Waals surface area contributed by atoms with Crippen LogP contribution in [0.5, 0.6) is 0 Å². The molecule has 3 N–H and O–H groups in total. The molecule has 2 heterocycles. The van der Waals surface area contributed by atoms with Crippen molar-refractivity contribution in [1.82, 2.24) is 15.6 Å². The number of fused-ring (bicyclic) bond motifs is 1. The molecule has 0 unspecified atom stereocenters. The quantitative estimate of drug-likeness (QED) is 0.368. The summed E-state index contributed by atoms with van der Waals surface area (Å²) in [6.07, 6.45) is 2.10. The zero-order valence-electron chi connectivity index (χ0n) is 17.3. The largest absolute Gasteiger partial charge is 0.361 e. The van der Waals surface area contributed by atoms with E-state index in [9.17, 15) is 4.79 Å². The van der Waals surface area contributed by atoms with Gasteiger partial charge in [0.25, 0.3) is 0 Å². The molecule has 2 aromatic carbocycles. The number of aromatic amines is 1. The molecule has 0 radical (unpaired) electrons. The van der Waals surface area contributed by atoms with E-state index in [0.717, 1.165) is 11.1 Å². The highest BCUT2D eigenvalue weighted by molar-refractivity contribution is 7.10. The van der Waals surface area contributed by atoms with E-state index < -0.39 is 0 Å². The third-order valence-electron chi connectivity index (χ3n) is 5.56. The van der Waals surface area contributed by atoms with Crippen molar-refractivity contribution in [1.29, 1.82) is 0 Å². The van der Waals surface area contributed by atoms with Gasteiger partial charge in [-0.25, -0.2) is 0 Å². The average molecular weight is 418 g/mol. The molecular weight excluding hydrogens is 390 g/mol. The number of hydrogen-bond donors (Lipinski definition) is 3. The Kier molecular flexibility index (Phi) is 6.31. The molecule has 4 rings (SSSR count). The van der Waals surface area contributed by atoms with Crippen molar-refractivity contribution in [2.24, 2.45) is 0 Å². The van der Waals surface area contributed by atoms with E-state index in [4.69, 9.17) is 0 Å². The summed E-state index contributed by atoms with van der Waals surface area (Å²) in [5, 5.41) is 9.91. The van der Waals surface area contributed by atoms with Gasteiger partial charge in [0.1, 0.15) is 0 Å². The van der Waals surface area contributed by atoms with Crippen LogP contribution >= 0.6 is 11.3 Å². The van der Waals surface area contributed by atoms with Gasteiger partial charge >= 0.3 is 0 Å². The number of aromatic nitrogens is 1. The maximum Gasteiger partial charge on any atom is 0.237 e. The summed E-state index contributed by atoms with van der Waals surface area (Å²) >= 11 is 1.75. The number of nitrogens with one attached hydrogen (secondary N) is 3. The van der Waals surface area contributed by atoms with Crippen LogP contribution in [0, 0.1) is 0 Å². The number of thiophene rings is 1. The van der Waals surface area contributed by atoms with Gasteiger partial charge in [-0.05, 0) is 42.5 Å². The minimum absolute atomic E-state index is 0.00945. The third-order valence-corrected chi connectivity index (χ3v) is 6.55. The van der Waals surface area contributed by atoms with Crippen molar-refractivity contribution in [3.05, 3.63) is 94.3 Å². The Hall–Kier alpha value is -2.89. The molecule has 0 saturated heterocycles. The molecule has 5 heteroatoms. The van der Waals surface area contributed by atoms with Gasteiger partial charge in [0, 0.05) is 34.4 Å².